The van der Waals surface area contributed by atoms with Gasteiger partial charge in [0, 0.05) is 23.8 Å². The zero-order chi connectivity index (χ0) is 23.7. The zero-order valence-electron chi connectivity index (χ0n) is 16.6. The molecule has 1 N–H and O–H groups in total. The van der Waals surface area contributed by atoms with Gasteiger partial charge in [0.1, 0.15) is 11.5 Å². The van der Waals surface area contributed by atoms with Gasteiger partial charge in [-0.2, -0.15) is 0 Å². The smallest absolute Gasteiger partial charge is 0.337 e. The van der Waals surface area contributed by atoms with Gasteiger partial charge in [-0.15, -0.1) is 0 Å². The Hall–Kier alpha value is -3.89. The minimum absolute atomic E-state index is 0.0160. The zero-order valence-corrected chi connectivity index (χ0v) is 18.1. The molecule has 1 aromatic heterocycles. The van der Waals surface area contributed by atoms with Crippen LogP contribution in [0.25, 0.3) is 17.4 Å². The summed E-state index contributed by atoms with van der Waals surface area (Å²) < 4.78 is 5.72. The third-order valence-electron chi connectivity index (χ3n) is 4.75. The molecule has 166 valence electrons. The van der Waals surface area contributed by atoms with Crippen LogP contribution in [-0.2, 0) is 11.3 Å². The van der Waals surface area contributed by atoms with E-state index in [1.54, 1.807) is 18.2 Å². The van der Waals surface area contributed by atoms with Gasteiger partial charge in [-0.1, -0.05) is 29.8 Å². The van der Waals surface area contributed by atoms with Crippen LogP contribution in [0.3, 0.4) is 0 Å². The van der Waals surface area contributed by atoms with E-state index in [2.05, 4.69) is 0 Å². The molecule has 0 aliphatic carbocycles. The second-order valence-electron chi connectivity index (χ2n) is 6.89. The summed E-state index contributed by atoms with van der Waals surface area (Å²) in [5.41, 5.74) is 1.01. The molecule has 2 aromatic carbocycles. The number of hydrogen-bond donors (Lipinski definition) is 1. The molecule has 1 fully saturated rings. The number of non-ortho nitro benzene ring substituents is 1. The van der Waals surface area contributed by atoms with Crippen molar-refractivity contribution >= 4 is 52.2 Å². The maximum absolute atomic E-state index is 12.7. The molecule has 9 nitrogen and oxygen atoms in total. The van der Waals surface area contributed by atoms with Gasteiger partial charge >= 0.3 is 5.97 Å². The van der Waals surface area contributed by atoms with E-state index in [1.807, 2.05) is 0 Å². The molecule has 33 heavy (non-hydrogen) atoms. The molecule has 11 heteroatoms. The van der Waals surface area contributed by atoms with Gasteiger partial charge in [0.15, 0.2) is 0 Å². The Morgan fingerprint density at radius 2 is 1.88 bits per heavy atom. The Morgan fingerprint density at radius 1 is 1.15 bits per heavy atom. The average molecular weight is 485 g/mol. The second-order valence-corrected chi connectivity index (χ2v) is 8.29. The molecule has 0 bridgehead atoms. The molecular weight excluding hydrogens is 472 g/mol. The molecule has 4 rings (SSSR count). The fourth-order valence-electron chi connectivity index (χ4n) is 3.10. The maximum atomic E-state index is 12.7. The summed E-state index contributed by atoms with van der Waals surface area (Å²) in [4.78, 5) is 47.6. The fraction of sp³-hybridized carbons (Fsp3) is 0.0455. The van der Waals surface area contributed by atoms with Crippen molar-refractivity contribution in [3.05, 3.63) is 91.5 Å². The summed E-state index contributed by atoms with van der Waals surface area (Å²) in [6, 6.07) is 13.2. The molecule has 2 heterocycles. The molecule has 3 aromatic rings. The lowest BCUT2D eigenvalue weighted by Crippen LogP contribution is -2.27. The Morgan fingerprint density at radius 3 is 2.52 bits per heavy atom. The van der Waals surface area contributed by atoms with Crippen molar-refractivity contribution in [2.24, 2.45) is 0 Å². The van der Waals surface area contributed by atoms with Crippen LogP contribution in [0.1, 0.15) is 21.7 Å². The number of carbonyl (C=O) groups excluding carboxylic acids is 2. The van der Waals surface area contributed by atoms with Crippen molar-refractivity contribution in [3.63, 3.8) is 0 Å². The van der Waals surface area contributed by atoms with E-state index in [0.29, 0.717) is 22.6 Å². The topological polar surface area (TPSA) is 131 Å². The molecule has 0 radical (unpaired) electrons. The highest BCUT2D eigenvalue weighted by Gasteiger charge is 2.35. The number of carboxylic acids is 1. The van der Waals surface area contributed by atoms with Crippen LogP contribution in [-0.4, -0.2) is 32.0 Å². The number of nitro benzene ring substituents is 1. The van der Waals surface area contributed by atoms with E-state index >= 15 is 0 Å². The van der Waals surface area contributed by atoms with Gasteiger partial charge in [-0.25, -0.2) is 4.79 Å². The van der Waals surface area contributed by atoms with E-state index in [1.165, 1.54) is 42.5 Å². The molecule has 0 atom stereocenters. The van der Waals surface area contributed by atoms with Gasteiger partial charge in [-0.3, -0.25) is 24.6 Å². The van der Waals surface area contributed by atoms with Crippen LogP contribution in [0.5, 0.6) is 0 Å². The summed E-state index contributed by atoms with van der Waals surface area (Å²) >= 11 is 6.76. The predicted octanol–water partition coefficient (Wildman–Crippen LogP) is 5.44. The third-order valence-corrected chi connectivity index (χ3v) is 5.97. The molecule has 2 amide bonds. The largest absolute Gasteiger partial charge is 0.478 e. The van der Waals surface area contributed by atoms with Crippen molar-refractivity contribution in [2.45, 2.75) is 6.54 Å². The van der Waals surface area contributed by atoms with E-state index < -0.39 is 22.0 Å². The van der Waals surface area contributed by atoms with Gasteiger partial charge in [0.05, 0.1) is 27.0 Å². The molecule has 0 saturated carbocycles. The number of imide groups is 1. The van der Waals surface area contributed by atoms with Gasteiger partial charge in [0.25, 0.3) is 16.8 Å². The fourth-order valence-corrected chi connectivity index (χ4v) is 4.18. The van der Waals surface area contributed by atoms with E-state index in [-0.39, 0.29) is 27.7 Å². The van der Waals surface area contributed by atoms with Crippen LogP contribution in [0.4, 0.5) is 10.5 Å². The second kappa shape index (κ2) is 8.93. The van der Waals surface area contributed by atoms with Crippen molar-refractivity contribution in [1.29, 1.82) is 0 Å². The Bertz CT molecular complexity index is 1330. The monoisotopic (exact) mass is 484 g/mol. The highest BCUT2D eigenvalue weighted by Crippen LogP contribution is 2.35. The number of carbonyl (C=O) groups is 3. The lowest BCUT2D eigenvalue weighted by molar-refractivity contribution is -0.384. The number of nitro groups is 1. The first-order valence-electron chi connectivity index (χ1n) is 9.34. The molecular formula is C22H13ClN2O7S. The highest BCUT2D eigenvalue weighted by molar-refractivity contribution is 8.18. The summed E-state index contributed by atoms with van der Waals surface area (Å²) in [6.45, 7) is -0.0160. The molecule has 0 unspecified atom stereocenters. The highest BCUT2D eigenvalue weighted by atomic mass is 35.5. The van der Waals surface area contributed by atoms with Crippen LogP contribution in [0.15, 0.2) is 63.9 Å². The first kappa shape index (κ1) is 22.3. The minimum Gasteiger partial charge on any atom is -0.478 e. The number of benzene rings is 2. The van der Waals surface area contributed by atoms with E-state index in [0.717, 1.165) is 16.7 Å². The van der Waals surface area contributed by atoms with Gasteiger partial charge in [0.2, 0.25) is 0 Å². The first-order valence-corrected chi connectivity index (χ1v) is 10.5. The number of hydrogen-bond acceptors (Lipinski definition) is 7. The Balaban J connectivity index is 1.51. The summed E-state index contributed by atoms with van der Waals surface area (Å²) in [6.07, 6.45) is 1.44. The van der Waals surface area contributed by atoms with Crippen LogP contribution in [0.2, 0.25) is 5.02 Å². The van der Waals surface area contributed by atoms with E-state index in [9.17, 15) is 24.5 Å². The number of thioether (sulfide) groups is 1. The lowest BCUT2D eigenvalue weighted by atomic mass is 10.1. The number of furan rings is 1. The third kappa shape index (κ3) is 4.66. The number of nitrogens with zero attached hydrogens (tertiary/aromatic N) is 2. The van der Waals surface area contributed by atoms with Crippen molar-refractivity contribution in [2.75, 3.05) is 0 Å². The van der Waals surface area contributed by atoms with E-state index in [4.69, 9.17) is 21.1 Å². The van der Waals surface area contributed by atoms with Crippen LogP contribution >= 0.6 is 23.4 Å². The first-order chi connectivity index (χ1) is 15.7. The Labute approximate surface area is 195 Å². The lowest BCUT2D eigenvalue weighted by Gasteiger charge is -2.12. The Kier molecular flexibility index (Phi) is 6.03. The SMILES string of the molecule is O=C(O)c1ccc(-c2ccc(/C=C3\SC(=O)N(Cc4ccc([N+](=O)[O-])cc4)C3=O)o2)cc1Cl. The number of carboxylic acid groups (broad SMARTS) is 1. The summed E-state index contributed by atoms with van der Waals surface area (Å²) in [5.74, 6) is -0.916. The number of rotatable bonds is 6. The summed E-state index contributed by atoms with van der Waals surface area (Å²) in [7, 11) is 0. The average Bonchev–Trinajstić information content (AvgIpc) is 3.34. The van der Waals surface area contributed by atoms with Crippen LogP contribution < -0.4 is 0 Å². The quantitative estimate of drug-likeness (QED) is 0.278. The van der Waals surface area contributed by atoms with Crippen molar-refractivity contribution < 1.29 is 28.8 Å². The molecule has 0 spiro atoms. The maximum Gasteiger partial charge on any atom is 0.337 e. The number of amides is 2. The molecule has 1 aliphatic rings. The van der Waals surface area contributed by atoms with Crippen LogP contribution in [0, 0.1) is 10.1 Å². The molecule has 1 aliphatic heterocycles. The van der Waals surface area contributed by atoms with Crippen molar-refractivity contribution in [1.82, 2.24) is 4.90 Å². The normalized spacial score (nSPS) is 14.8. The molecule has 1 saturated heterocycles. The van der Waals surface area contributed by atoms with Gasteiger partial charge < -0.3 is 9.52 Å². The number of halogens is 1. The predicted molar refractivity (Wildman–Crippen MR) is 121 cm³/mol. The minimum atomic E-state index is -1.14. The van der Waals surface area contributed by atoms with Gasteiger partial charge in [-0.05, 0) is 41.6 Å². The summed E-state index contributed by atoms with van der Waals surface area (Å²) in [5, 5.41) is 19.4. The number of aromatic carboxylic acids is 1. The van der Waals surface area contributed by atoms with Crippen molar-refractivity contribution in [3.8, 4) is 11.3 Å². The standard InChI is InChI=1S/C22H13ClN2O7S/c23-17-9-13(3-7-16(17)21(27)28)18-8-6-15(32-18)10-19-20(26)24(22(29)33-19)11-12-1-4-14(5-2-12)25(30)31/h1-10H,11H2,(H,27,28)/b19-10-.